The lowest BCUT2D eigenvalue weighted by molar-refractivity contribution is -0.130. The second kappa shape index (κ2) is 11.9. The number of carbonyl (C=O) groups is 3. The van der Waals surface area contributed by atoms with E-state index in [0.29, 0.717) is 37.1 Å². The Morgan fingerprint density at radius 1 is 0.750 bits per heavy atom. The minimum Gasteiger partial charge on any atom is -0.325 e. The predicted molar refractivity (Wildman–Crippen MR) is 139 cm³/mol. The van der Waals surface area contributed by atoms with Crippen LogP contribution in [0, 0.1) is 5.92 Å². The number of nitrogens with zero attached hydrogens (tertiary/aromatic N) is 1. The van der Waals surface area contributed by atoms with Gasteiger partial charge in [-0.1, -0.05) is 49.2 Å². The van der Waals surface area contributed by atoms with Crippen LogP contribution in [0.25, 0.3) is 21.7 Å². The van der Waals surface area contributed by atoms with Crippen molar-refractivity contribution in [2.45, 2.75) is 32.1 Å². The summed E-state index contributed by atoms with van der Waals surface area (Å²) in [5, 5.41) is 17.3. The molecule has 0 saturated heterocycles. The number of anilines is 2. The van der Waals surface area contributed by atoms with Crippen LogP contribution in [0.1, 0.15) is 32.1 Å². The molecule has 184 valence electrons. The van der Waals surface area contributed by atoms with E-state index in [2.05, 4.69) is 15.6 Å². The van der Waals surface area contributed by atoms with Crippen molar-refractivity contribution in [3.8, 4) is 0 Å². The Kier molecular flexibility index (Phi) is 8.20. The van der Waals surface area contributed by atoms with Crippen molar-refractivity contribution in [3.05, 3.63) is 79.0 Å². The monoisotopic (exact) mass is 484 g/mol. The topological polar surface area (TPSA) is 120 Å². The molecule has 3 aromatic carbocycles. The Labute approximate surface area is 208 Å². The van der Waals surface area contributed by atoms with E-state index in [9.17, 15) is 14.4 Å². The van der Waals surface area contributed by atoms with Gasteiger partial charge in [0.25, 0.3) is 0 Å². The van der Waals surface area contributed by atoms with Crippen LogP contribution in [-0.4, -0.2) is 27.9 Å². The summed E-state index contributed by atoms with van der Waals surface area (Å²) in [6.45, 7) is 0. The van der Waals surface area contributed by atoms with Crippen LogP contribution >= 0.6 is 0 Å². The largest absolute Gasteiger partial charge is 0.325 e. The Bertz CT molecular complexity index is 1300. The fourth-order valence-electron chi connectivity index (χ4n) is 4.13. The summed E-state index contributed by atoms with van der Waals surface area (Å²) in [6.07, 6.45) is 3.97. The van der Waals surface area contributed by atoms with Crippen molar-refractivity contribution >= 4 is 50.8 Å². The molecule has 0 aliphatic heterocycles. The van der Waals surface area contributed by atoms with Crippen LogP contribution in [0.15, 0.2) is 79.0 Å². The van der Waals surface area contributed by atoms with Gasteiger partial charge in [-0.3, -0.25) is 24.6 Å². The molecular formula is C28H28N4O4. The van der Waals surface area contributed by atoms with Gasteiger partial charge in [-0.2, -0.15) is 0 Å². The quantitative estimate of drug-likeness (QED) is 0.109. The maximum absolute atomic E-state index is 13.2. The lowest BCUT2D eigenvalue weighted by Gasteiger charge is -2.17. The van der Waals surface area contributed by atoms with Gasteiger partial charge in [0.1, 0.15) is 5.92 Å². The molecule has 1 heterocycles. The molecule has 8 heteroatoms. The molecule has 0 saturated carbocycles. The fourth-order valence-corrected chi connectivity index (χ4v) is 4.13. The van der Waals surface area contributed by atoms with E-state index in [-0.39, 0.29) is 6.42 Å². The third-order valence-corrected chi connectivity index (χ3v) is 6.04. The SMILES string of the molecule is O=C(CCCCCC(C(=O)Nc1ccc2ccccc2c1)C(=O)Nc1ccc2ncccc2c1)NO. The van der Waals surface area contributed by atoms with Gasteiger partial charge in [0.05, 0.1) is 5.52 Å². The van der Waals surface area contributed by atoms with Crippen molar-refractivity contribution in [2.24, 2.45) is 5.92 Å². The van der Waals surface area contributed by atoms with E-state index in [0.717, 1.165) is 21.7 Å². The van der Waals surface area contributed by atoms with Crippen LogP contribution < -0.4 is 16.1 Å². The highest BCUT2D eigenvalue weighted by Crippen LogP contribution is 2.22. The second-order valence-corrected chi connectivity index (χ2v) is 8.64. The molecular weight excluding hydrogens is 456 g/mol. The van der Waals surface area contributed by atoms with E-state index in [1.165, 1.54) is 0 Å². The van der Waals surface area contributed by atoms with Crippen LogP contribution in [-0.2, 0) is 14.4 Å². The van der Waals surface area contributed by atoms with Crippen LogP contribution in [0.5, 0.6) is 0 Å². The number of rotatable bonds is 10. The van der Waals surface area contributed by atoms with E-state index in [4.69, 9.17) is 5.21 Å². The summed E-state index contributed by atoms with van der Waals surface area (Å²) in [5.74, 6) is -2.17. The number of carbonyl (C=O) groups excluding carboxylic acids is 3. The van der Waals surface area contributed by atoms with Gasteiger partial charge in [-0.05, 0) is 60.0 Å². The number of fused-ring (bicyclic) bond motifs is 2. The van der Waals surface area contributed by atoms with Crippen molar-refractivity contribution in [1.82, 2.24) is 10.5 Å². The Balaban J connectivity index is 1.46. The molecule has 3 amide bonds. The Morgan fingerprint density at radius 3 is 2.17 bits per heavy atom. The highest BCUT2D eigenvalue weighted by Gasteiger charge is 2.26. The van der Waals surface area contributed by atoms with Gasteiger partial charge in [0, 0.05) is 29.4 Å². The number of benzene rings is 3. The third-order valence-electron chi connectivity index (χ3n) is 6.04. The van der Waals surface area contributed by atoms with E-state index < -0.39 is 23.6 Å². The van der Waals surface area contributed by atoms with Gasteiger partial charge < -0.3 is 10.6 Å². The molecule has 1 aromatic heterocycles. The summed E-state index contributed by atoms with van der Waals surface area (Å²) < 4.78 is 0. The molecule has 36 heavy (non-hydrogen) atoms. The fraction of sp³-hybridized carbons (Fsp3) is 0.214. The number of hydroxylamine groups is 1. The molecule has 0 radical (unpaired) electrons. The zero-order valence-electron chi connectivity index (χ0n) is 19.7. The maximum atomic E-state index is 13.2. The number of nitrogens with one attached hydrogen (secondary N) is 3. The maximum Gasteiger partial charge on any atom is 0.243 e. The molecule has 8 nitrogen and oxygen atoms in total. The van der Waals surface area contributed by atoms with Crippen molar-refractivity contribution in [2.75, 3.05) is 10.6 Å². The Hall–Kier alpha value is -4.30. The average Bonchev–Trinajstić information content (AvgIpc) is 2.90. The van der Waals surface area contributed by atoms with Gasteiger partial charge in [-0.15, -0.1) is 0 Å². The minimum absolute atomic E-state index is 0.182. The molecule has 0 aliphatic carbocycles. The van der Waals surface area contributed by atoms with Gasteiger partial charge in [0.15, 0.2) is 0 Å². The second-order valence-electron chi connectivity index (χ2n) is 8.64. The molecule has 1 unspecified atom stereocenters. The number of hydrogen-bond acceptors (Lipinski definition) is 5. The first kappa shape index (κ1) is 24.8. The molecule has 4 aromatic rings. The summed E-state index contributed by atoms with van der Waals surface area (Å²) in [4.78, 5) is 42.0. The Morgan fingerprint density at radius 2 is 1.42 bits per heavy atom. The normalized spacial score (nSPS) is 11.7. The van der Waals surface area contributed by atoms with Crippen molar-refractivity contribution in [1.29, 1.82) is 0 Å². The highest BCUT2D eigenvalue weighted by atomic mass is 16.5. The molecule has 4 N–H and O–H groups in total. The predicted octanol–water partition coefficient (Wildman–Crippen LogP) is 5.04. The van der Waals surface area contributed by atoms with E-state index in [1.54, 1.807) is 17.7 Å². The van der Waals surface area contributed by atoms with Gasteiger partial charge in [0.2, 0.25) is 17.7 Å². The van der Waals surface area contributed by atoms with Gasteiger partial charge in [-0.25, -0.2) is 5.48 Å². The van der Waals surface area contributed by atoms with E-state index >= 15 is 0 Å². The number of pyridine rings is 1. The first-order valence-electron chi connectivity index (χ1n) is 11.9. The number of hydrogen-bond donors (Lipinski definition) is 4. The van der Waals surface area contributed by atoms with Crippen molar-refractivity contribution < 1.29 is 19.6 Å². The standard InChI is InChI=1S/C28H28N4O4/c33-26(32-36)11-3-1-2-10-24(27(34)30-22-13-12-19-7-4-5-8-20(19)17-22)28(35)31-23-14-15-25-21(18-23)9-6-16-29-25/h4-9,12-18,24,36H,1-3,10-11H2,(H,30,34)(H,31,35)(H,32,33). The smallest absolute Gasteiger partial charge is 0.243 e. The van der Waals surface area contributed by atoms with Gasteiger partial charge >= 0.3 is 0 Å². The lowest BCUT2D eigenvalue weighted by atomic mass is 9.98. The molecule has 4 rings (SSSR count). The number of aromatic nitrogens is 1. The first-order valence-corrected chi connectivity index (χ1v) is 11.9. The lowest BCUT2D eigenvalue weighted by Crippen LogP contribution is -2.34. The van der Waals surface area contributed by atoms with Crippen LogP contribution in [0.4, 0.5) is 11.4 Å². The number of unbranched alkanes of at least 4 members (excludes halogenated alkanes) is 2. The highest BCUT2D eigenvalue weighted by molar-refractivity contribution is 6.11. The third kappa shape index (κ3) is 6.43. The first-order chi connectivity index (χ1) is 17.5. The molecule has 1 atom stereocenters. The van der Waals surface area contributed by atoms with Crippen LogP contribution in [0.2, 0.25) is 0 Å². The molecule has 0 bridgehead atoms. The number of amides is 3. The summed E-state index contributed by atoms with van der Waals surface area (Å²) in [5.41, 5.74) is 3.63. The van der Waals surface area contributed by atoms with E-state index in [1.807, 2.05) is 66.7 Å². The van der Waals surface area contributed by atoms with Crippen LogP contribution in [0.3, 0.4) is 0 Å². The molecule has 0 spiro atoms. The molecule has 0 aliphatic rings. The average molecular weight is 485 g/mol. The summed E-state index contributed by atoms with van der Waals surface area (Å²) in [6, 6.07) is 22.6. The zero-order chi connectivity index (χ0) is 25.3. The zero-order valence-corrected chi connectivity index (χ0v) is 19.7. The summed E-state index contributed by atoms with van der Waals surface area (Å²) in [7, 11) is 0. The molecule has 0 fully saturated rings. The van der Waals surface area contributed by atoms with Crippen molar-refractivity contribution in [3.63, 3.8) is 0 Å². The summed E-state index contributed by atoms with van der Waals surface area (Å²) >= 11 is 0. The minimum atomic E-state index is -0.923.